The van der Waals surface area contributed by atoms with Gasteiger partial charge in [0.05, 0.1) is 13.2 Å². The molecular formula is C11H16N2O. The van der Waals surface area contributed by atoms with Crippen molar-refractivity contribution in [2.24, 2.45) is 0 Å². The van der Waals surface area contributed by atoms with Gasteiger partial charge in [0.25, 0.3) is 0 Å². The van der Waals surface area contributed by atoms with E-state index in [-0.39, 0.29) is 0 Å². The summed E-state index contributed by atoms with van der Waals surface area (Å²) in [5, 5.41) is 0. The fraction of sp³-hybridized carbons (Fsp3) is 0.455. The number of hydrogen-bond donors (Lipinski definition) is 1. The molecule has 76 valence electrons. The predicted molar refractivity (Wildman–Crippen MR) is 58.5 cm³/mol. The van der Waals surface area contributed by atoms with Gasteiger partial charge in [-0.25, -0.2) is 0 Å². The molecule has 2 N–H and O–H groups in total. The molecule has 0 aromatic heterocycles. The maximum atomic E-state index is 5.75. The normalized spacial score (nSPS) is 22.4. The van der Waals surface area contributed by atoms with E-state index < -0.39 is 0 Å². The van der Waals surface area contributed by atoms with Gasteiger partial charge < -0.3 is 15.4 Å². The van der Waals surface area contributed by atoms with Gasteiger partial charge >= 0.3 is 0 Å². The number of rotatable bonds is 1. The van der Waals surface area contributed by atoms with Crippen LogP contribution in [0.3, 0.4) is 0 Å². The van der Waals surface area contributed by atoms with Crippen LogP contribution in [0.4, 0.5) is 11.4 Å². The molecule has 1 aromatic carbocycles. The summed E-state index contributed by atoms with van der Waals surface area (Å²) in [4.78, 5) is 2.33. The summed E-state index contributed by atoms with van der Waals surface area (Å²) in [6, 6.07) is 8.45. The second-order valence-electron chi connectivity index (χ2n) is 3.71. The number of hydrogen-bond acceptors (Lipinski definition) is 3. The van der Waals surface area contributed by atoms with Crippen molar-refractivity contribution in [1.82, 2.24) is 0 Å². The first-order chi connectivity index (χ1) is 6.77. The predicted octanol–water partition coefficient (Wildman–Crippen LogP) is 1.49. The molecule has 1 unspecified atom stereocenters. The van der Waals surface area contributed by atoms with E-state index >= 15 is 0 Å². The molecule has 3 heteroatoms. The molecule has 0 bridgehead atoms. The minimum absolute atomic E-state index is 0.436. The molecule has 14 heavy (non-hydrogen) atoms. The molecule has 0 aliphatic carbocycles. The number of ether oxygens (including phenoxy) is 1. The summed E-state index contributed by atoms with van der Waals surface area (Å²) in [5.74, 6) is 0. The van der Waals surface area contributed by atoms with Crippen LogP contribution in [0, 0.1) is 0 Å². The minimum atomic E-state index is 0.436. The van der Waals surface area contributed by atoms with Crippen LogP contribution in [-0.4, -0.2) is 25.8 Å². The van der Waals surface area contributed by atoms with Crippen LogP contribution in [0.2, 0.25) is 0 Å². The Balaban J connectivity index is 2.20. The quantitative estimate of drug-likeness (QED) is 0.685. The summed E-state index contributed by atoms with van der Waals surface area (Å²) >= 11 is 0. The Bertz CT molecular complexity index is 314. The lowest BCUT2D eigenvalue weighted by Crippen LogP contribution is -2.43. The summed E-state index contributed by atoms with van der Waals surface area (Å²) < 4.78 is 5.39. The van der Waals surface area contributed by atoms with Crippen molar-refractivity contribution in [3.05, 3.63) is 24.3 Å². The highest BCUT2D eigenvalue weighted by atomic mass is 16.5. The van der Waals surface area contributed by atoms with E-state index in [9.17, 15) is 0 Å². The third kappa shape index (κ3) is 1.82. The average molecular weight is 192 g/mol. The SMILES string of the molecule is CC1COCCN1c1cccc(N)c1. The first-order valence-electron chi connectivity index (χ1n) is 4.97. The lowest BCUT2D eigenvalue weighted by molar-refractivity contribution is 0.0989. The van der Waals surface area contributed by atoms with Gasteiger partial charge in [-0.05, 0) is 25.1 Å². The molecular weight excluding hydrogens is 176 g/mol. The molecule has 1 aliphatic rings. The van der Waals surface area contributed by atoms with Crippen LogP contribution in [-0.2, 0) is 4.74 Å². The zero-order chi connectivity index (χ0) is 9.97. The van der Waals surface area contributed by atoms with Gasteiger partial charge in [-0.2, -0.15) is 0 Å². The highest BCUT2D eigenvalue weighted by Crippen LogP contribution is 2.21. The van der Waals surface area contributed by atoms with E-state index in [1.807, 2.05) is 18.2 Å². The van der Waals surface area contributed by atoms with Gasteiger partial charge in [-0.1, -0.05) is 6.07 Å². The third-order valence-corrected chi connectivity index (χ3v) is 2.57. The van der Waals surface area contributed by atoms with Crippen molar-refractivity contribution in [3.63, 3.8) is 0 Å². The maximum Gasteiger partial charge on any atom is 0.0668 e. The highest BCUT2D eigenvalue weighted by molar-refractivity contribution is 5.56. The van der Waals surface area contributed by atoms with E-state index in [0.29, 0.717) is 6.04 Å². The largest absolute Gasteiger partial charge is 0.399 e. The van der Waals surface area contributed by atoms with Gasteiger partial charge in [0.2, 0.25) is 0 Å². The molecule has 0 spiro atoms. The Labute approximate surface area is 84.5 Å². The lowest BCUT2D eigenvalue weighted by Gasteiger charge is -2.35. The molecule has 1 aromatic rings. The molecule has 2 rings (SSSR count). The highest BCUT2D eigenvalue weighted by Gasteiger charge is 2.18. The van der Waals surface area contributed by atoms with Crippen LogP contribution in [0.5, 0.6) is 0 Å². The van der Waals surface area contributed by atoms with Crippen LogP contribution >= 0.6 is 0 Å². The van der Waals surface area contributed by atoms with Crippen molar-refractivity contribution in [2.45, 2.75) is 13.0 Å². The monoisotopic (exact) mass is 192 g/mol. The molecule has 0 saturated carbocycles. The molecule has 1 atom stereocenters. The van der Waals surface area contributed by atoms with Crippen LogP contribution in [0.15, 0.2) is 24.3 Å². The second kappa shape index (κ2) is 3.88. The Morgan fingerprint density at radius 1 is 1.50 bits per heavy atom. The number of anilines is 2. The molecule has 0 amide bonds. The van der Waals surface area contributed by atoms with E-state index in [1.165, 1.54) is 5.69 Å². The van der Waals surface area contributed by atoms with Gasteiger partial charge in [0.15, 0.2) is 0 Å². The lowest BCUT2D eigenvalue weighted by atomic mass is 10.2. The first kappa shape index (κ1) is 9.34. The van der Waals surface area contributed by atoms with E-state index in [0.717, 1.165) is 25.4 Å². The smallest absolute Gasteiger partial charge is 0.0668 e. The zero-order valence-electron chi connectivity index (χ0n) is 8.44. The van der Waals surface area contributed by atoms with Gasteiger partial charge in [0, 0.05) is 24.0 Å². The fourth-order valence-electron chi connectivity index (χ4n) is 1.81. The number of nitrogens with two attached hydrogens (primary N) is 1. The molecule has 1 fully saturated rings. The van der Waals surface area contributed by atoms with Crippen molar-refractivity contribution < 1.29 is 4.74 Å². The van der Waals surface area contributed by atoms with Crippen molar-refractivity contribution in [1.29, 1.82) is 0 Å². The minimum Gasteiger partial charge on any atom is -0.399 e. The van der Waals surface area contributed by atoms with Crippen LogP contribution in [0.1, 0.15) is 6.92 Å². The number of nitrogens with zero attached hydrogens (tertiary/aromatic N) is 1. The van der Waals surface area contributed by atoms with Gasteiger partial charge in [-0.3, -0.25) is 0 Å². The molecule has 3 nitrogen and oxygen atoms in total. The average Bonchev–Trinajstić information content (AvgIpc) is 2.18. The van der Waals surface area contributed by atoms with Crippen LogP contribution in [0.25, 0.3) is 0 Å². The van der Waals surface area contributed by atoms with E-state index in [2.05, 4.69) is 17.9 Å². The summed E-state index contributed by atoms with van der Waals surface area (Å²) in [6.45, 7) is 4.72. The van der Waals surface area contributed by atoms with Crippen LogP contribution < -0.4 is 10.6 Å². The Morgan fingerprint density at radius 2 is 2.36 bits per heavy atom. The van der Waals surface area contributed by atoms with Crippen molar-refractivity contribution >= 4 is 11.4 Å². The number of morpholine rings is 1. The summed E-state index contributed by atoms with van der Waals surface area (Å²) in [7, 11) is 0. The first-order valence-corrected chi connectivity index (χ1v) is 4.97. The standard InChI is InChI=1S/C11H16N2O/c1-9-8-14-6-5-13(9)11-4-2-3-10(12)7-11/h2-4,7,9H,5-6,8,12H2,1H3. The maximum absolute atomic E-state index is 5.75. The molecule has 1 saturated heterocycles. The Hall–Kier alpha value is -1.22. The van der Waals surface area contributed by atoms with E-state index in [4.69, 9.17) is 10.5 Å². The second-order valence-corrected chi connectivity index (χ2v) is 3.71. The third-order valence-electron chi connectivity index (χ3n) is 2.57. The Morgan fingerprint density at radius 3 is 3.07 bits per heavy atom. The number of benzene rings is 1. The van der Waals surface area contributed by atoms with Gasteiger partial charge in [-0.15, -0.1) is 0 Å². The molecule has 1 aliphatic heterocycles. The zero-order valence-corrected chi connectivity index (χ0v) is 8.44. The van der Waals surface area contributed by atoms with Crippen molar-refractivity contribution in [2.75, 3.05) is 30.4 Å². The topological polar surface area (TPSA) is 38.5 Å². The summed E-state index contributed by atoms with van der Waals surface area (Å²) in [5.41, 5.74) is 7.77. The summed E-state index contributed by atoms with van der Waals surface area (Å²) in [6.07, 6.45) is 0. The molecule has 0 radical (unpaired) electrons. The number of nitrogen functional groups attached to an aromatic ring is 1. The van der Waals surface area contributed by atoms with E-state index in [1.54, 1.807) is 0 Å². The van der Waals surface area contributed by atoms with Gasteiger partial charge in [0.1, 0.15) is 0 Å². The Kier molecular flexibility index (Phi) is 2.59. The van der Waals surface area contributed by atoms with Crippen molar-refractivity contribution in [3.8, 4) is 0 Å². The fourth-order valence-corrected chi connectivity index (χ4v) is 1.81. The molecule has 1 heterocycles.